The van der Waals surface area contributed by atoms with Crippen LogP contribution in [0.4, 0.5) is 0 Å². The van der Waals surface area contributed by atoms with E-state index in [9.17, 15) is 0 Å². The normalized spacial score (nSPS) is 11.6. The summed E-state index contributed by atoms with van der Waals surface area (Å²) in [5.41, 5.74) is 16.1. The van der Waals surface area contributed by atoms with Gasteiger partial charge in [0.25, 0.3) is 0 Å². The van der Waals surface area contributed by atoms with E-state index in [2.05, 4.69) is 130 Å². The maximum atomic E-state index is 6.85. The molecular weight excluding hydrogens is 1020 g/mol. The molecule has 0 radical (unpaired) electrons. The summed E-state index contributed by atoms with van der Waals surface area (Å²) in [6.45, 7) is 0. The summed E-state index contributed by atoms with van der Waals surface area (Å²) in [7, 11) is 0. The van der Waals surface area contributed by atoms with Crippen LogP contribution in [-0.4, -0.2) is 44.0 Å². The van der Waals surface area contributed by atoms with Crippen LogP contribution in [0.3, 0.4) is 0 Å². The van der Waals surface area contributed by atoms with Crippen LogP contribution in [0.1, 0.15) is 0 Å². The summed E-state index contributed by atoms with van der Waals surface area (Å²) in [5.74, 6) is 4.22. The van der Waals surface area contributed by atoms with Gasteiger partial charge in [-0.25, -0.2) is 34.9 Å². The van der Waals surface area contributed by atoms with Gasteiger partial charge in [-0.15, -0.1) is 0 Å². The summed E-state index contributed by atoms with van der Waals surface area (Å²) in [4.78, 5) is 35.1. The topological polar surface area (TPSA) is 113 Å². The Bertz CT molecular complexity index is 4990. The molecule has 10 heteroatoms. The van der Waals surface area contributed by atoms with E-state index in [-0.39, 0.29) is 0 Å². The molecule has 0 bridgehead atoms. The fourth-order valence-corrected chi connectivity index (χ4v) is 11.5. The molecular formula is C73H45N9O. The molecule has 0 atom stereocenters. The molecule has 16 aromatic rings. The lowest BCUT2D eigenvalue weighted by Crippen LogP contribution is -2.00. The van der Waals surface area contributed by atoms with Crippen LogP contribution in [0, 0.1) is 0 Å². The van der Waals surface area contributed by atoms with Crippen LogP contribution in [0.5, 0.6) is 0 Å². The highest BCUT2D eigenvalue weighted by Gasteiger charge is 2.23. The first-order valence-corrected chi connectivity index (χ1v) is 27.5. The minimum atomic E-state index is 0.564. The second-order valence-electron chi connectivity index (χ2n) is 20.5. The van der Waals surface area contributed by atoms with Gasteiger partial charge in [0.15, 0.2) is 40.5 Å². The number of nitrogens with zero attached hydrogens (tertiary/aromatic N) is 9. The van der Waals surface area contributed by atoms with Gasteiger partial charge in [0.05, 0.1) is 22.1 Å². The van der Waals surface area contributed by atoms with E-state index in [1.165, 1.54) is 5.39 Å². The smallest absolute Gasteiger partial charge is 0.227 e. The first-order valence-electron chi connectivity index (χ1n) is 27.5. The van der Waals surface area contributed by atoms with E-state index in [0.717, 1.165) is 105 Å². The Morgan fingerprint density at radius 2 is 0.639 bits per heavy atom. The lowest BCUT2D eigenvalue weighted by molar-refractivity contribution is 0.621. The summed E-state index contributed by atoms with van der Waals surface area (Å²) in [5, 5.41) is 4.44. The number of hydrogen-bond donors (Lipinski definition) is 0. The Hall–Kier alpha value is -11.5. The van der Waals surface area contributed by atoms with Gasteiger partial charge in [-0.2, -0.15) is 0 Å². The Morgan fingerprint density at radius 3 is 1.13 bits per heavy atom. The Balaban J connectivity index is 0.846. The molecule has 11 aromatic carbocycles. The zero-order chi connectivity index (χ0) is 54.8. The molecule has 0 amide bonds. The number of hydrogen-bond acceptors (Lipinski definition) is 8. The SMILES string of the molecule is c1ccc(-c2nc(-c3ccccc3)nc(-c3ccc(-n4c5ccccc5c5cccc(-c6ccc7c(c6)c6ccc8nc(-c9ccccc9)oc8c6n7-c6ccc(-c7nc(-c8ccccc8)nc(-c8ccccc8)n7)cc6)c54)cc3)n2)cc1. The predicted octanol–water partition coefficient (Wildman–Crippen LogP) is 17.7. The lowest BCUT2D eigenvalue weighted by atomic mass is 9.99. The van der Waals surface area contributed by atoms with Crippen LogP contribution in [-0.2, 0) is 0 Å². The summed E-state index contributed by atoms with van der Waals surface area (Å²) >= 11 is 0. The molecule has 5 aromatic heterocycles. The van der Waals surface area contributed by atoms with Crippen LogP contribution in [0.2, 0.25) is 0 Å². The van der Waals surface area contributed by atoms with Crippen molar-refractivity contribution in [2.75, 3.05) is 0 Å². The van der Waals surface area contributed by atoms with E-state index >= 15 is 0 Å². The number of para-hydroxylation sites is 2. The maximum Gasteiger partial charge on any atom is 0.227 e. The Kier molecular flexibility index (Phi) is 11.3. The molecule has 0 N–H and O–H groups in total. The van der Waals surface area contributed by atoms with Crippen molar-refractivity contribution in [3.63, 3.8) is 0 Å². The van der Waals surface area contributed by atoms with Gasteiger partial charge in [-0.1, -0.05) is 182 Å². The monoisotopic (exact) mass is 1060 g/mol. The van der Waals surface area contributed by atoms with Crippen molar-refractivity contribution in [3.8, 4) is 102 Å². The predicted molar refractivity (Wildman–Crippen MR) is 333 cm³/mol. The fraction of sp³-hybridized carbons (Fsp3) is 0. The molecule has 5 heterocycles. The molecule has 83 heavy (non-hydrogen) atoms. The van der Waals surface area contributed by atoms with Gasteiger partial charge in [0, 0.05) is 77.4 Å². The van der Waals surface area contributed by atoms with Gasteiger partial charge in [0.2, 0.25) is 5.89 Å². The molecule has 0 aliphatic rings. The first-order chi connectivity index (χ1) is 41.1. The summed E-state index contributed by atoms with van der Waals surface area (Å²) < 4.78 is 11.5. The highest BCUT2D eigenvalue weighted by atomic mass is 16.3. The van der Waals surface area contributed by atoms with Gasteiger partial charge in [-0.3, -0.25) is 0 Å². The number of fused-ring (bicyclic) bond motifs is 8. The third-order valence-corrected chi connectivity index (χ3v) is 15.5. The van der Waals surface area contributed by atoms with Crippen molar-refractivity contribution >= 4 is 54.7 Å². The summed E-state index contributed by atoms with van der Waals surface area (Å²) in [6.07, 6.45) is 0. The van der Waals surface area contributed by atoms with Crippen molar-refractivity contribution in [3.05, 3.63) is 273 Å². The third-order valence-electron chi connectivity index (χ3n) is 15.5. The molecule has 0 saturated heterocycles. The lowest BCUT2D eigenvalue weighted by Gasteiger charge is -2.13. The molecule has 0 saturated carbocycles. The van der Waals surface area contributed by atoms with Crippen LogP contribution >= 0.6 is 0 Å². The van der Waals surface area contributed by atoms with Crippen molar-refractivity contribution < 1.29 is 4.42 Å². The highest BCUT2D eigenvalue weighted by Crippen LogP contribution is 2.43. The minimum Gasteiger partial charge on any atom is -0.434 e. The van der Waals surface area contributed by atoms with E-state index in [4.69, 9.17) is 39.3 Å². The van der Waals surface area contributed by atoms with E-state index in [1.54, 1.807) is 0 Å². The number of benzene rings is 11. The summed E-state index contributed by atoms with van der Waals surface area (Å²) in [6, 6.07) is 93.8. The van der Waals surface area contributed by atoms with Crippen molar-refractivity contribution in [2.45, 2.75) is 0 Å². The molecule has 0 aliphatic carbocycles. The van der Waals surface area contributed by atoms with Crippen LogP contribution in [0.25, 0.3) is 157 Å². The first kappa shape index (κ1) is 47.5. The average molecular weight is 1060 g/mol. The van der Waals surface area contributed by atoms with E-state index < -0.39 is 0 Å². The van der Waals surface area contributed by atoms with Crippen LogP contribution < -0.4 is 0 Å². The van der Waals surface area contributed by atoms with Gasteiger partial charge in [0.1, 0.15) is 5.52 Å². The Morgan fingerprint density at radius 1 is 0.253 bits per heavy atom. The second kappa shape index (κ2) is 19.7. The van der Waals surface area contributed by atoms with Crippen molar-refractivity contribution in [1.29, 1.82) is 0 Å². The standard InChI is InChI=1S/C73H45N9O/c1-6-19-46(20-7-1)67-75-68(47-21-8-2-9-22-47)78-71(77-67)50-33-38-54(39-34-50)81-62-32-17-16-29-57(62)58-31-18-30-56(64(58)81)53-37-44-63-60(45-53)59-42-43-61-66(83-73(74-61)52-27-14-5-15-28-52)65(59)82(63)55-40-35-51(36-41-55)72-79-69(48-23-10-3-11-24-48)76-70(80-72)49-25-12-4-13-26-49/h1-45H. The largest absolute Gasteiger partial charge is 0.434 e. The Labute approximate surface area is 476 Å². The number of rotatable bonds is 10. The third kappa shape index (κ3) is 8.31. The minimum absolute atomic E-state index is 0.564. The molecule has 0 spiro atoms. The molecule has 10 nitrogen and oxygen atoms in total. The average Bonchev–Trinajstić information content (AvgIpc) is 4.25. The fourth-order valence-electron chi connectivity index (χ4n) is 11.5. The highest BCUT2D eigenvalue weighted by molar-refractivity contribution is 6.19. The molecule has 0 fully saturated rings. The number of aromatic nitrogens is 9. The second-order valence-corrected chi connectivity index (χ2v) is 20.5. The van der Waals surface area contributed by atoms with E-state index in [1.807, 2.05) is 152 Å². The molecule has 388 valence electrons. The van der Waals surface area contributed by atoms with Crippen LogP contribution in [0.15, 0.2) is 277 Å². The van der Waals surface area contributed by atoms with Gasteiger partial charge >= 0.3 is 0 Å². The van der Waals surface area contributed by atoms with E-state index in [0.29, 0.717) is 46.4 Å². The quantitative estimate of drug-likeness (QED) is 0.133. The molecule has 0 unspecified atom stereocenters. The number of oxazole rings is 1. The van der Waals surface area contributed by atoms with Gasteiger partial charge < -0.3 is 13.6 Å². The maximum absolute atomic E-state index is 6.85. The zero-order valence-corrected chi connectivity index (χ0v) is 44.4. The molecule has 0 aliphatic heterocycles. The van der Waals surface area contributed by atoms with Crippen molar-refractivity contribution in [2.24, 2.45) is 0 Å². The van der Waals surface area contributed by atoms with Gasteiger partial charge in [-0.05, 0) is 96.6 Å². The zero-order valence-electron chi connectivity index (χ0n) is 44.4. The molecule has 16 rings (SSSR count). The van der Waals surface area contributed by atoms with Crippen molar-refractivity contribution in [1.82, 2.24) is 44.0 Å².